The van der Waals surface area contributed by atoms with E-state index in [1.807, 2.05) is 48.6 Å². The van der Waals surface area contributed by atoms with Crippen molar-refractivity contribution >= 4 is 73.6 Å². The Labute approximate surface area is 254 Å². The molecule has 0 bridgehead atoms. The lowest BCUT2D eigenvalue weighted by Gasteiger charge is -2.18. The van der Waals surface area contributed by atoms with Crippen molar-refractivity contribution in [3.05, 3.63) is 132 Å². The molecule has 8 rings (SSSR count). The summed E-state index contributed by atoms with van der Waals surface area (Å²) in [6, 6.07) is 22.6. The van der Waals surface area contributed by atoms with Crippen molar-refractivity contribution in [2.24, 2.45) is 0 Å². The number of nitrogens with one attached hydrogen (secondary N) is 1. The van der Waals surface area contributed by atoms with Crippen molar-refractivity contribution in [1.29, 1.82) is 0 Å². The second-order valence-corrected chi connectivity index (χ2v) is 12.8. The molecule has 0 atom stereocenters. The number of Topliss-reactive ketones (excluding diaryl/α,β-unsaturated/α-hetero) is 2. The number of hydrogen-bond donors (Lipinski definition) is 1. The molecule has 43 heavy (non-hydrogen) atoms. The van der Waals surface area contributed by atoms with E-state index in [0.29, 0.717) is 44.8 Å². The summed E-state index contributed by atoms with van der Waals surface area (Å²) in [5.74, 6) is -0.585. The second-order valence-electron chi connectivity index (χ2n) is 10.6. The third-order valence-corrected chi connectivity index (χ3v) is 10.3. The van der Waals surface area contributed by atoms with E-state index < -0.39 is 10.9 Å². The highest BCUT2D eigenvalue weighted by Crippen LogP contribution is 2.46. The first kappa shape index (κ1) is 26.0. The molecule has 0 fully saturated rings. The van der Waals surface area contributed by atoms with Gasteiger partial charge in [0.25, 0.3) is 0 Å². The molecule has 8 heteroatoms. The first-order chi connectivity index (χ1) is 20.9. The van der Waals surface area contributed by atoms with Crippen LogP contribution >= 0.6 is 23.5 Å². The fourth-order valence-corrected chi connectivity index (χ4v) is 8.40. The van der Waals surface area contributed by atoms with Gasteiger partial charge in [-0.05, 0) is 73.2 Å². The summed E-state index contributed by atoms with van der Waals surface area (Å²) in [6.07, 6.45) is 3.60. The molecule has 0 amide bonds. The van der Waals surface area contributed by atoms with Gasteiger partial charge in [0.05, 0.1) is 33.1 Å². The summed E-state index contributed by atoms with van der Waals surface area (Å²) < 4.78 is 0. The zero-order valence-electron chi connectivity index (χ0n) is 22.9. The molecule has 3 aliphatic rings. The van der Waals surface area contributed by atoms with Crippen LogP contribution in [0.4, 0.5) is 11.4 Å². The van der Waals surface area contributed by atoms with Crippen LogP contribution in [0, 0.1) is 0 Å². The summed E-state index contributed by atoms with van der Waals surface area (Å²) in [4.78, 5) is 58.5. The third kappa shape index (κ3) is 3.90. The Morgan fingerprint density at radius 2 is 1.42 bits per heavy atom. The van der Waals surface area contributed by atoms with Crippen molar-refractivity contribution in [3.63, 3.8) is 0 Å². The highest BCUT2D eigenvalue weighted by molar-refractivity contribution is 8.04. The Morgan fingerprint density at radius 1 is 0.767 bits per heavy atom. The van der Waals surface area contributed by atoms with E-state index in [0.717, 1.165) is 31.2 Å². The van der Waals surface area contributed by atoms with E-state index in [1.54, 1.807) is 47.8 Å². The number of fused-ring (bicyclic) bond motifs is 2. The van der Waals surface area contributed by atoms with E-state index in [-0.39, 0.29) is 23.2 Å². The average Bonchev–Trinajstić information content (AvgIpc) is 3.58. The van der Waals surface area contributed by atoms with Gasteiger partial charge in [0.1, 0.15) is 0 Å². The Bertz CT molecular complexity index is 2220. The van der Waals surface area contributed by atoms with Gasteiger partial charge in [0, 0.05) is 49.0 Å². The Balaban J connectivity index is 1.45. The maximum Gasteiger partial charge on any atom is 0.198 e. The molecular formula is C35H22N2O4S2. The number of para-hydroxylation sites is 2. The molecule has 2 aliphatic heterocycles. The first-order valence-electron chi connectivity index (χ1n) is 13.9. The second kappa shape index (κ2) is 9.69. The van der Waals surface area contributed by atoms with Gasteiger partial charge in [-0.25, -0.2) is 0 Å². The number of anilines is 2. The Morgan fingerprint density at radius 3 is 2.09 bits per heavy atom. The van der Waals surface area contributed by atoms with Crippen molar-refractivity contribution in [2.75, 3.05) is 16.8 Å². The number of hydrogen-bond acceptors (Lipinski definition) is 8. The molecule has 2 heterocycles. The molecule has 208 valence electrons. The molecule has 0 spiro atoms. The van der Waals surface area contributed by atoms with Crippen LogP contribution in [-0.2, 0) is 0 Å². The van der Waals surface area contributed by atoms with E-state index in [2.05, 4.69) is 29.3 Å². The van der Waals surface area contributed by atoms with Crippen molar-refractivity contribution in [3.8, 4) is 0 Å². The third-order valence-electron chi connectivity index (χ3n) is 8.20. The van der Waals surface area contributed by atoms with Gasteiger partial charge >= 0.3 is 0 Å². The Hall–Kier alpha value is -4.66. The monoisotopic (exact) mass is 598 g/mol. The van der Waals surface area contributed by atoms with Gasteiger partial charge < -0.3 is 10.2 Å². The molecular weight excluding hydrogens is 577 g/mol. The summed E-state index contributed by atoms with van der Waals surface area (Å²) in [5, 5.41) is 6.67. The number of ketones is 2. The van der Waals surface area contributed by atoms with Gasteiger partial charge in [0.15, 0.2) is 22.4 Å². The van der Waals surface area contributed by atoms with Gasteiger partial charge in [-0.3, -0.25) is 19.2 Å². The molecule has 5 aromatic carbocycles. The predicted molar refractivity (Wildman–Crippen MR) is 174 cm³/mol. The molecule has 5 aromatic rings. The van der Waals surface area contributed by atoms with Gasteiger partial charge in [0.2, 0.25) is 0 Å². The molecule has 0 saturated heterocycles. The maximum absolute atomic E-state index is 14.3. The average molecular weight is 599 g/mol. The van der Waals surface area contributed by atoms with Gasteiger partial charge in [-0.2, -0.15) is 0 Å². The lowest BCUT2D eigenvalue weighted by molar-refractivity contribution is 0.0890. The van der Waals surface area contributed by atoms with Crippen LogP contribution in [0.2, 0.25) is 0 Å². The van der Waals surface area contributed by atoms with Gasteiger partial charge in [-0.1, -0.05) is 47.8 Å². The molecule has 0 radical (unpaired) electrons. The maximum atomic E-state index is 14.3. The van der Waals surface area contributed by atoms with Crippen LogP contribution in [0.3, 0.4) is 0 Å². The molecule has 0 saturated carbocycles. The summed E-state index contributed by atoms with van der Waals surface area (Å²) in [6.45, 7) is 2.79. The minimum Gasteiger partial charge on any atom is -0.349 e. The normalized spacial score (nSPS) is 17.3. The molecule has 0 aromatic heterocycles. The number of benzene rings is 5. The first-order valence-corrected chi connectivity index (χ1v) is 15.6. The predicted octanol–water partition coefficient (Wildman–Crippen LogP) is 6.32. The minimum absolute atomic E-state index is 0.0648. The molecule has 1 N–H and O–H groups in total. The number of nitrogens with zero attached hydrogens (tertiary/aromatic N) is 1. The van der Waals surface area contributed by atoms with E-state index in [1.165, 1.54) is 0 Å². The highest BCUT2D eigenvalue weighted by Gasteiger charge is 2.29. The topological polar surface area (TPSA) is 83.6 Å². The van der Waals surface area contributed by atoms with E-state index >= 15 is 0 Å². The van der Waals surface area contributed by atoms with Crippen molar-refractivity contribution in [1.82, 2.24) is 0 Å². The van der Waals surface area contributed by atoms with Crippen LogP contribution in [0.15, 0.2) is 114 Å². The zero-order valence-corrected chi connectivity index (χ0v) is 24.5. The zero-order chi connectivity index (χ0) is 29.4. The fourth-order valence-electron chi connectivity index (χ4n) is 6.26. The number of thioether (sulfide) groups is 2. The summed E-state index contributed by atoms with van der Waals surface area (Å²) in [7, 11) is 0. The molecule has 0 unspecified atom stereocenters. The molecule has 6 nitrogen and oxygen atoms in total. The van der Waals surface area contributed by atoms with Crippen LogP contribution in [0.25, 0.3) is 27.1 Å². The SMILES string of the molecule is CCN1C(=CC(/C=C2/Nc3ccccc3S2)=c2c(=O)c3ccc4c5c(ccc(c2=O)c53)C(=O)CC4=O)Sc2ccccc21. The van der Waals surface area contributed by atoms with E-state index in [9.17, 15) is 19.2 Å². The minimum atomic E-state index is -0.417. The highest BCUT2D eigenvalue weighted by atomic mass is 32.2. The molecule has 1 aliphatic carbocycles. The smallest absolute Gasteiger partial charge is 0.198 e. The Kier molecular flexibility index (Phi) is 5.86. The van der Waals surface area contributed by atoms with Crippen LogP contribution < -0.4 is 26.3 Å². The lowest BCUT2D eigenvalue weighted by Crippen LogP contribution is -2.41. The van der Waals surface area contributed by atoms with Crippen molar-refractivity contribution in [2.45, 2.75) is 23.1 Å². The quantitative estimate of drug-likeness (QED) is 0.242. The van der Waals surface area contributed by atoms with E-state index in [4.69, 9.17) is 0 Å². The lowest BCUT2D eigenvalue weighted by atomic mass is 9.83. The van der Waals surface area contributed by atoms with Crippen LogP contribution in [-0.4, -0.2) is 18.1 Å². The number of carbonyl (C=O) groups is 2. The largest absolute Gasteiger partial charge is 0.349 e. The number of rotatable bonds is 3. The summed E-state index contributed by atoms with van der Waals surface area (Å²) in [5.41, 5.74) is 2.48. The van der Waals surface area contributed by atoms with Crippen LogP contribution in [0.1, 0.15) is 34.1 Å². The number of carbonyl (C=O) groups excluding carboxylic acids is 2. The van der Waals surface area contributed by atoms with Crippen LogP contribution in [0.5, 0.6) is 0 Å². The fraction of sp³-hybridized carbons (Fsp3) is 0.0857. The standard InChI is InChI=1S/C35H22N2O4S2/c1-2-37-24-8-4-6-10-28(24)43-30(37)16-18(15-29-36-23-7-3-5-9-27(23)42-29)31-34(40)21-13-11-19-25(38)17-26(39)20-12-14-22(35(31)41)33(21)32(19)20/h3-16,36H,2,17H2,1H3/b29-15-,30-16?. The summed E-state index contributed by atoms with van der Waals surface area (Å²) >= 11 is 3.15. The van der Waals surface area contributed by atoms with Gasteiger partial charge in [-0.15, -0.1) is 0 Å². The number of allylic oxidation sites excluding steroid dienone is 2. The van der Waals surface area contributed by atoms with Crippen molar-refractivity contribution < 1.29 is 9.59 Å².